The molecule has 2 heterocycles. The van der Waals surface area contributed by atoms with Gasteiger partial charge >= 0.3 is 0 Å². The molecule has 7 nitrogen and oxygen atoms in total. The van der Waals surface area contributed by atoms with Gasteiger partial charge in [-0.1, -0.05) is 19.1 Å². The maximum absolute atomic E-state index is 5.99. The van der Waals surface area contributed by atoms with E-state index in [4.69, 9.17) is 10.7 Å². The fourth-order valence-electron chi connectivity index (χ4n) is 3.09. The van der Waals surface area contributed by atoms with Gasteiger partial charge in [0.1, 0.15) is 5.82 Å². The van der Waals surface area contributed by atoms with Crippen molar-refractivity contribution >= 4 is 40.4 Å². The Morgan fingerprint density at radius 3 is 2.54 bits per heavy atom. The number of benzene rings is 2. The minimum Gasteiger partial charge on any atom is -0.368 e. The minimum absolute atomic E-state index is 0.157. The van der Waals surface area contributed by atoms with Gasteiger partial charge in [0.2, 0.25) is 17.8 Å². The van der Waals surface area contributed by atoms with Gasteiger partial charge in [-0.3, -0.25) is 4.57 Å². The summed E-state index contributed by atoms with van der Waals surface area (Å²) in [6, 6.07) is 14.1. The van der Waals surface area contributed by atoms with Crippen molar-refractivity contribution in [1.29, 1.82) is 0 Å². The van der Waals surface area contributed by atoms with Crippen LogP contribution in [-0.2, 0) is 6.42 Å². The average Bonchev–Trinajstić information content (AvgIpc) is 3.08. The molecular formula is C20H21N7S. The fraction of sp³-hybridized carbons (Fsp3) is 0.200. The van der Waals surface area contributed by atoms with E-state index in [0.717, 1.165) is 34.5 Å². The number of fused-ring (bicyclic) bond motifs is 1. The van der Waals surface area contributed by atoms with E-state index in [1.54, 1.807) is 11.8 Å². The number of nitrogens with two attached hydrogens (primary N) is 1. The van der Waals surface area contributed by atoms with Crippen molar-refractivity contribution < 1.29 is 0 Å². The highest BCUT2D eigenvalue weighted by Crippen LogP contribution is 2.24. The van der Waals surface area contributed by atoms with Crippen LogP contribution in [0.3, 0.4) is 0 Å². The van der Waals surface area contributed by atoms with E-state index in [9.17, 15) is 0 Å². The molecule has 0 saturated heterocycles. The van der Waals surface area contributed by atoms with Crippen LogP contribution in [0.1, 0.15) is 18.3 Å². The SMILES string of the molecule is CCc1nc2c(C)cccc2n1-c1nc(N)nc(Nc2ccc(SC)cc2)n1. The Hall–Kier alpha value is -3.13. The second-order valence-corrected chi connectivity index (χ2v) is 7.21. The molecule has 0 aliphatic carbocycles. The molecule has 0 saturated carbocycles. The second-order valence-electron chi connectivity index (χ2n) is 6.33. The highest BCUT2D eigenvalue weighted by molar-refractivity contribution is 7.98. The summed E-state index contributed by atoms with van der Waals surface area (Å²) in [5.74, 6) is 1.90. The summed E-state index contributed by atoms with van der Waals surface area (Å²) in [6.07, 6.45) is 2.79. The summed E-state index contributed by atoms with van der Waals surface area (Å²) < 4.78 is 1.95. The maximum atomic E-state index is 5.99. The summed E-state index contributed by atoms with van der Waals surface area (Å²) in [7, 11) is 0. The number of nitrogen functional groups attached to an aromatic ring is 1. The number of thioether (sulfide) groups is 1. The van der Waals surface area contributed by atoms with Crippen LogP contribution < -0.4 is 11.1 Å². The molecule has 0 bridgehead atoms. The van der Waals surface area contributed by atoms with Crippen LogP contribution >= 0.6 is 11.8 Å². The predicted molar refractivity (Wildman–Crippen MR) is 114 cm³/mol. The predicted octanol–water partition coefficient (Wildman–Crippen LogP) is 4.13. The first-order chi connectivity index (χ1) is 13.6. The van der Waals surface area contributed by atoms with Crippen molar-refractivity contribution in [2.24, 2.45) is 0 Å². The number of aryl methyl sites for hydroxylation is 2. The summed E-state index contributed by atoms with van der Waals surface area (Å²) in [4.78, 5) is 19.2. The molecule has 0 unspecified atom stereocenters. The number of hydrogen-bond donors (Lipinski definition) is 2. The number of hydrogen-bond acceptors (Lipinski definition) is 7. The normalized spacial score (nSPS) is 11.1. The topological polar surface area (TPSA) is 94.5 Å². The zero-order chi connectivity index (χ0) is 19.7. The number of nitrogens with one attached hydrogen (secondary N) is 1. The van der Waals surface area contributed by atoms with Crippen molar-refractivity contribution in [3.8, 4) is 5.95 Å². The lowest BCUT2D eigenvalue weighted by Crippen LogP contribution is -2.11. The highest BCUT2D eigenvalue weighted by Gasteiger charge is 2.16. The first-order valence-corrected chi connectivity index (χ1v) is 10.2. The number of para-hydroxylation sites is 1. The van der Waals surface area contributed by atoms with Crippen LogP contribution in [0.5, 0.6) is 0 Å². The lowest BCUT2D eigenvalue weighted by atomic mass is 10.2. The third-order valence-electron chi connectivity index (χ3n) is 4.46. The van der Waals surface area contributed by atoms with Crippen LogP contribution in [-0.4, -0.2) is 30.8 Å². The quantitative estimate of drug-likeness (QED) is 0.494. The Morgan fingerprint density at radius 2 is 1.82 bits per heavy atom. The van der Waals surface area contributed by atoms with Gasteiger partial charge in [0.15, 0.2) is 0 Å². The molecule has 0 atom stereocenters. The van der Waals surface area contributed by atoms with Crippen LogP contribution in [0.4, 0.5) is 17.6 Å². The van der Waals surface area contributed by atoms with Gasteiger partial charge in [-0.05, 0) is 49.1 Å². The molecule has 0 spiro atoms. The zero-order valence-corrected chi connectivity index (χ0v) is 16.8. The monoisotopic (exact) mass is 391 g/mol. The van der Waals surface area contributed by atoms with Crippen molar-refractivity contribution in [3.05, 3.63) is 53.9 Å². The lowest BCUT2D eigenvalue weighted by molar-refractivity contribution is 0.845. The molecule has 4 aromatic rings. The van der Waals surface area contributed by atoms with Crippen LogP contribution in [0.25, 0.3) is 17.0 Å². The van der Waals surface area contributed by atoms with E-state index in [-0.39, 0.29) is 5.95 Å². The molecule has 4 rings (SSSR count). The van der Waals surface area contributed by atoms with E-state index >= 15 is 0 Å². The number of rotatable bonds is 5. The molecule has 0 fully saturated rings. The second kappa shape index (κ2) is 7.47. The summed E-state index contributed by atoms with van der Waals surface area (Å²) in [6.45, 7) is 4.11. The smallest absolute Gasteiger partial charge is 0.242 e. The maximum Gasteiger partial charge on any atom is 0.242 e. The van der Waals surface area contributed by atoms with Gasteiger partial charge in [0.05, 0.1) is 11.0 Å². The first-order valence-electron chi connectivity index (χ1n) is 8.99. The molecule has 0 amide bonds. The molecule has 3 N–H and O–H groups in total. The summed E-state index contributed by atoms with van der Waals surface area (Å²) in [5.41, 5.74) is 9.89. The molecule has 8 heteroatoms. The molecule has 2 aromatic heterocycles. The Morgan fingerprint density at radius 1 is 1.04 bits per heavy atom. The van der Waals surface area contributed by atoms with Gasteiger partial charge in [0, 0.05) is 17.0 Å². The van der Waals surface area contributed by atoms with Crippen LogP contribution in [0.2, 0.25) is 0 Å². The average molecular weight is 392 g/mol. The summed E-state index contributed by atoms with van der Waals surface area (Å²) >= 11 is 1.69. The van der Waals surface area contributed by atoms with Crippen LogP contribution in [0, 0.1) is 6.92 Å². The molecule has 2 aromatic carbocycles. The van der Waals surface area contributed by atoms with Crippen molar-refractivity contribution in [1.82, 2.24) is 24.5 Å². The molecular weight excluding hydrogens is 370 g/mol. The van der Waals surface area contributed by atoms with Gasteiger partial charge in [-0.25, -0.2) is 4.98 Å². The third kappa shape index (κ3) is 3.38. The number of nitrogens with zero attached hydrogens (tertiary/aromatic N) is 5. The van der Waals surface area contributed by atoms with Gasteiger partial charge in [-0.15, -0.1) is 11.8 Å². The standard InChI is InChI=1S/C20H21N7S/c1-4-16-23-17-12(2)6-5-7-15(17)27(16)20-25-18(21)24-19(26-20)22-13-8-10-14(28-3)11-9-13/h5-11H,4H2,1-3H3,(H3,21,22,24,25,26). The van der Waals surface area contributed by atoms with E-state index in [0.29, 0.717) is 11.9 Å². The van der Waals surface area contributed by atoms with Gasteiger partial charge < -0.3 is 11.1 Å². The van der Waals surface area contributed by atoms with Crippen molar-refractivity contribution in [2.75, 3.05) is 17.3 Å². The first kappa shape index (κ1) is 18.2. The molecule has 0 radical (unpaired) electrons. The van der Waals surface area contributed by atoms with E-state index in [1.165, 1.54) is 4.90 Å². The highest BCUT2D eigenvalue weighted by atomic mass is 32.2. The molecule has 0 aliphatic heterocycles. The summed E-state index contributed by atoms with van der Waals surface area (Å²) in [5, 5.41) is 3.21. The van der Waals surface area contributed by atoms with Crippen molar-refractivity contribution in [3.63, 3.8) is 0 Å². The number of aromatic nitrogens is 5. The third-order valence-corrected chi connectivity index (χ3v) is 5.20. The molecule has 28 heavy (non-hydrogen) atoms. The van der Waals surface area contributed by atoms with Crippen LogP contribution in [0.15, 0.2) is 47.4 Å². The van der Waals surface area contributed by atoms with E-state index in [1.807, 2.05) is 60.2 Å². The Bertz CT molecular complexity index is 1140. The molecule has 0 aliphatic rings. The van der Waals surface area contributed by atoms with E-state index in [2.05, 4.69) is 27.2 Å². The number of imidazole rings is 1. The van der Waals surface area contributed by atoms with Gasteiger partial charge in [-0.2, -0.15) is 15.0 Å². The largest absolute Gasteiger partial charge is 0.368 e. The van der Waals surface area contributed by atoms with Crippen molar-refractivity contribution in [2.45, 2.75) is 25.2 Å². The Labute approximate surface area is 167 Å². The fourth-order valence-corrected chi connectivity index (χ4v) is 3.50. The molecule has 142 valence electrons. The van der Waals surface area contributed by atoms with Gasteiger partial charge in [0.25, 0.3) is 0 Å². The minimum atomic E-state index is 0.157. The zero-order valence-electron chi connectivity index (χ0n) is 16.0. The van der Waals surface area contributed by atoms with E-state index < -0.39 is 0 Å². The Kier molecular flexibility index (Phi) is 4.87. The Balaban J connectivity index is 1.79. The lowest BCUT2D eigenvalue weighted by Gasteiger charge is -2.10. The number of anilines is 3.